The van der Waals surface area contributed by atoms with Crippen molar-refractivity contribution in [3.05, 3.63) is 75.8 Å². The number of benzene rings is 3. The largest absolute Gasteiger partial charge is 0.378 e. The number of fused-ring (bicyclic) bond motifs is 1. The number of nitro groups is 1. The lowest BCUT2D eigenvalue weighted by atomic mass is 10.1. The number of hydrogen-bond donors (Lipinski definition) is 2. The molecule has 0 saturated heterocycles. The molecule has 140 valence electrons. The van der Waals surface area contributed by atoms with Gasteiger partial charge in [0.05, 0.1) is 9.82 Å². The number of halogens is 1. The van der Waals surface area contributed by atoms with Crippen LogP contribution in [0.5, 0.6) is 0 Å². The summed E-state index contributed by atoms with van der Waals surface area (Å²) in [4.78, 5) is 10.7. The molecule has 27 heavy (non-hydrogen) atoms. The Morgan fingerprint density at radius 2 is 1.70 bits per heavy atom. The molecule has 0 saturated carbocycles. The minimum atomic E-state index is -3.68. The summed E-state index contributed by atoms with van der Waals surface area (Å²) in [6, 6.07) is 16.6. The Kier molecular flexibility index (Phi) is 5.59. The van der Waals surface area contributed by atoms with Crippen molar-refractivity contribution in [3.63, 3.8) is 0 Å². The monoisotopic (exact) mass is 405 g/mol. The van der Waals surface area contributed by atoms with Gasteiger partial charge < -0.3 is 5.32 Å². The van der Waals surface area contributed by atoms with Crippen LogP contribution in [0, 0.1) is 10.1 Å². The number of nitro benzene ring substituents is 1. The summed E-state index contributed by atoms with van der Waals surface area (Å²) in [6.45, 7) is 0.240. The molecular formula is C18H16ClN3O4S. The van der Waals surface area contributed by atoms with Gasteiger partial charge in [0.15, 0.2) is 0 Å². The van der Waals surface area contributed by atoms with Gasteiger partial charge in [-0.3, -0.25) is 10.1 Å². The maximum atomic E-state index is 12.4. The number of nitrogens with zero attached hydrogens (tertiary/aromatic N) is 1. The van der Waals surface area contributed by atoms with E-state index in [0.717, 1.165) is 10.8 Å². The molecule has 3 rings (SSSR count). The third kappa shape index (κ3) is 4.54. The first-order valence-corrected chi connectivity index (χ1v) is 9.89. The van der Waals surface area contributed by atoms with E-state index < -0.39 is 14.9 Å². The van der Waals surface area contributed by atoms with Gasteiger partial charge in [-0.2, -0.15) is 0 Å². The van der Waals surface area contributed by atoms with E-state index >= 15 is 0 Å². The van der Waals surface area contributed by atoms with Crippen LogP contribution in [0.1, 0.15) is 0 Å². The smallest absolute Gasteiger partial charge is 0.293 e. The van der Waals surface area contributed by atoms with Crippen molar-refractivity contribution in [2.24, 2.45) is 0 Å². The van der Waals surface area contributed by atoms with E-state index in [4.69, 9.17) is 11.6 Å². The lowest BCUT2D eigenvalue weighted by Crippen LogP contribution is -2.29. The first-order chi connectivity index (χ1) is 12.9. The Bertz CT molecular complexity index is 1100. The van der Waals surface area contributed by atoms with Crippen molar-refractivity contribution in [3.8, 4) is 0 Å². The van der Waals surface area contributed by atoms with Crippen LogP contribution in [-0.2, 0) is 10.0 Å². The molecule has 0 heterocycles. The molecule has 2 N–H and O–H groups in total. The van der Waals surface area contributed by atoms with E-state index in [-0.39, 0.29) is 34.4 Å². The van der Waals surface area contributed by atoms with Crippen LogP contribution in [0.15, 0.2) is 65.6 Å². The summed E-state index contributed by atoms with van der Waals surface area (Å²) in [6.07, 6.45) is 0. The van der Waals surface area contributed by atoms with Gasteiger partial charge in [0.2, 0.25) is 10.0 Å². The quantitative estimate of drug-likeness (QED) is 0.353. The van der Waals surface area contributed by atoms with Gasteiger partial charge in [0.1, 0.15) is 5.69 Å². The molecule has 3 aromatic carbocycles. The van der Waals surface area contributed by atoms with Crippen molar-refractivity contribution in [2.75, 3.05) is 18.4 Å². The lowest BCUT2D eigenvalue weighted by Gasteiger charge is -2.10. The predicted octanol–water partition coefficient (Wildman–Crippen LogP) is 3.79. The van der Waals surface area contributed by atoms with Gasteiger partial charge >= 0.3 is 0 Å². The first-order valence-electron chi connectivity index (χ1n) is 8.03. The Hall–Kier alpha value is -2.68. The molecule has 0 aromatic heterocycles. The highest BCUT2D eigenvalue weighted by Crippen LogP contribution is 2.27. The predicted molar refractivity (Wildman–Crippen MR) is 106 cm³/mol. The van der Waals surface area contributed by atoms with Crippen molar-refractivity contribution in [1.82, 2.24) is 4.72 Å². The zero-order valence-corrected chi connectivity index (χ0v) is 15.6. The Morgan fingerprint density at radius 1 is 0.963 bits per heavy atom. The fraction of sp³-hybridized carbons (Fsp3) is 0.111. The molecule has 0 unspecified atom stereocenters. The third-order valence-electron chi connectivity index (χ3n) is 3.92. The molecule has 0 bridgehead atoms. The van der Waals surface area contributed by atoms with Crippen molar-refractivity contribution in [2.45, 2.75) is 4.90 Å². The van der Waals surface area contributed by atoms with Crippen LogP contribution in [0.2, 0.25) is 5.02 Å². The summed E-state index contributed by atoms with van der Waals surface area (Å²) in [5.41, 5.74) is 0.106. The number of hydrogen-bond acceptors (Lipinski definition) is 5. The lowest BCUT2D eigenvalue weighted by molar-refractivity contribution is -0.383. The maximum absolute atomic E-state index is 12.4. The number of anilines is 1. The van der Waals surface area contributed by atoms with Crippen LogP contribution >= 0.6 is 11.6 Å². The molecule has 0 amide bonds. The fourth-order valence-corrected chi connectivity index (χ4v) is 3.84. The van der Waals surface area contributed by atoms with E-state index in [1.165, 1.54) is 18.2 Å². The topological polar surface area (TPSA) is 101 Å². The fourth-order valence-electron chi connectivity index (χ4n) is 2.61. The van der Waals surface area contributed by atoms with E-state index in [1.54, 1.807) is 18.2 Å². The molecule has 0 aliphatic rings. The number of nitrogens with one attached hydrogen (secondary N) is 2. The number of sulfonamides is 1. The standard InChI is InChI=1S/C18H16ClN3O4S/c19-15-6-8-17(18(12-15)22(23)24)20-9-10-21-27(25,26)16-7-5-13-3-1-2-4-14(13)11-16/h1-8,11-12,20-21H,9-10H2. The van der Waals surface area contributed by atoms with Crippen molar-refractivity contribution < 1.29 is 13.3 Å². The molecule has 9 heteroatoms. The van der Waals surface area contributed by atoms with Gasteiger partial charge in [-0.15, -0.1) is 0 Å². The first kappa shape index (κ1) is 19.1. The highest BCUT2D eigenvalue weighted by atomic mass is 35.5. The second-order valence-electron chi connectivity index (χ2n) is 5.75. The number of rotatable bonds is 7. The SMILES string of the molecule is O=[N+]([O-])c1cc(Cl)ccc1NCCNS(=O)(=O)c1ccc2ccccc2c1. The molecule has 0 radical (unpaired) electrons. The molecule has 3 aromatic rings. The molecular weight excluding hydrogens is 390 g/mol. The molecule has 7 nitrogen and oxygen atoms in total. The molecule has 0 atom stereocenters. The molecule has 0 fully saturated rings. The Balaban J connectivity index is 1.65. The summed E-state index contributed by atoms with van der Waals surface area (Å²) in [5, 5.41) is 15.9. The molecule has 0 spiro atoms. The van der Waals surface area contributed by atoms with E-state index in [1.807, 2.05) is 24.3 Å². The summed E-state index contributed by atoms with van der Waals surface area (Å²) in [7, 11) is -3.68. The van der Waals surface area contributed by atoms with Gasteiger partial charge in [-0.1, -0.05) is 41.9 Å². The van der Waals surface area contributed by atoms with E-state index in [2.05, 4.69) is 10.0 Å². The highest BCUT2D eigenvalue weighted by Gasteiger charge is 2.16. The third-order valence-corrected chi connectivity index (χ3v) is 5.61. The summed E-state index contributed by atoms with van der Waals surface area (Å²) >= 11 is 5.77. The van der Waals surface area contributed by atoms with Crippen molar-refractivity contribution in [1.29, 1.82) is 0 Å². The summed E-state index contributed by atoms with van der Waals surface area (Å²) in [5.74, 6) is 0. The summed E-state index contributed by atoms with van der Waals surface area (Å²) < 4.78 is 27.4. The minimum absolute atomic E-state index is 0.0644. The van der Waals surface area contributed by atoms with Crippen LogP contribution in [0.3, 0.4) is 0 Å². The average Bonchev–Trinajstić information content (AvgIpc) is 2.65. The Labute approximate surface area is 161 Å². The maximum Gasteiger partial charge on any atom is 0.293 e. The minimum Gasteiger partial charge on any atom is -0.378 e. The normalized spacial score (nSPS) is 11.4. The van der Waals surface area contributed by atoms with Crippen LogP contribution in [0.4, 0.5) is 11.4 Å². The zero-order chi connectivity index (χ0) is 19.4. The van der Waals surface area contributed by atoms with Crippen LogP contribution in [-0.4, -0.2) is 26.4 Å². The molecule has 0 aliphatic heterocycles. The van der Waals surface area contributed by atoms with Gasteiger partial charge in [0.25, 0.3) is 5.69 Å². The van der Waals surface area contributed by atoms with Gasteiger partial charge in [0, 0.05) is 24.2 Å². The zero-order valence-electron chi connectivity index (χ0n) is 14.1. The second kappa shape index (κ2) is 7.91. The van der Waals surface area contributed by atoms with Gasteiger partial charge in [-0.25, -0.2) is 13.1 Å². The second-order valence-corrected chi connectivity index (χ2v) is 7.96. The molecule has 0 aliphatic carbocycles. The van der Waals surface area contributed by atoms with Crippen LogP contribution < -0.4 is 10.0 Å². The average molecular weight is 406 g/mol. The van der Waals surface area contributed by atoms with Crippen LogP contribution in [0.25, 0.3) is 10.8 Å². The van der Waals surface area contributed by atoms with Gasteiger partial charge in [-0.05, 0) is 35.0 Å². The van der Waals surface area contributed by atoms with E-state index in [9.17, 15) is 18.5 Å². The van der Waals surface area contributed by atoms with E-state index in [0.29, 0.717) is 0 Å². The Morgan fingerprint density at radius 3 is 2.44 bits per heavy atom. The highest BCUT2D eigenvalue weighted by molar-refractivity contribution is 7.89. The van der Waals surface area contributed by atoms with Crippen molar-refractivity contribution >= 4 is 43.8 Å².